The van der Waals surface area contributed by atoms with Crippen molar-refractivity contribution in [2.45, 2.75) is 25.9 Å². The molecule has 24 heavy (non-hydrogen) atoms. The molecule has 1 aromatic heterocycles. The van der Waals surface area contributed by atoms with Crippen molar-refractivity contribution in [3.8, 4) is 5.75 Å². The Morgan fingerprint density at radius 3 is 2.96 bits per heavy atom. The number of benzene rings is 1. The van der Waals surface area contributed by atoms with Gasteiger partial charge in [0, 0.05) is 12.5 Å². The van der Waals surface area contributed by atoms with Crippen LogP contribution in [0.3, 0.4) is 0 Å². The van der Waals surface area contributed by atoms with Crippen LogP contribution in [0.1, 0.15) is 29.6 Å². The number of fused-ring (bicyclic) bond motifs is 1. The quantitative estimate of drug-likeness (QED) is 0.828. The van der Waals surface area contributed by atoms with Crippen LogP contribution in [0.4, 0.5) is 0 Å². The predicted molar refractivity (Wildman–Crippen MR) is 90.7 cm³/mol. The highest BCUT2D eigenvalue weighted by Gasteiger charge is 2.27. The van der Waals surface area contributed by atoms with Gasteiger partial charge in [-0.2, -0.15) is 0 Å². The summed E-state index contributed by atoms with van der Waals surface area (Å²) in [6, 6.07) is 9.35. The Balaban J connectivity index is 1.57. The van der Waals surface area contributed by atoms with Gasteiger partial charge in [-0.15, -0.1) is 0 Å². The molecule has 0 aliphatic carbocycles. The fourth-order valence-corrected chi connectivity index (χ4v) is 2.61. The zero-order valence-corrected chi connectivity index (χ0v) is 13.8. The molecular formula is C19H21NO4. The summed E-state index contributed by atoms with van der Waals surface area (Å²) in [5.41, 5.74) is 0.861. The van der Waals surface area contributed by atoms with Crippen molar-refractivity contribution in [2.24, 2.45) is 0 Å². The molecule has 5 nitrogen and oxygen atoms in total. The lowest BCUT2D eigenvalue weighted by Crippen LogP contribution is -2.37. The first-order chi connectivity index (χ1) is 11.4. The third kappa shape index (κ3) is 3.68. The third-order valence-electron chi connectivity index (χ3n) is 4.02. The van der Waals surface area contributed by atoms with Crippen molar-refractivity contribution in [3.05, 3.63) is 59.1 Å². The molecule has 0 saturated carbocycles. The summed E-state index contributed by atoms with van der Waals surface area (Å²) >= 11 is 0. The van der Waals surface area contributed by atoms with Crippen molar-refractivity contribution < 1.29 is 19.1 Å². The van der Waals surface area contributed by atoms with Gasteiger partial charge in [0.1, 0.15) is 22.9 Å². The molecule has 1 aromatic carbocycles. The average molecular weight is 327 g/mol. The Bertz CT molecular complexity index is 773. The Morgan fingerprint density at radius 1 is 1.38 bits per heavy atom. The molecule has 1 amide bonds. The highest BCUT2D eigenvalue weighted by molar-refractivity contribution is 5.91. The standard InChI is InChI=1S/C19H21NO4/c1-13-3-7-17(24-13)19(2,22)12-20-18(21)8-5-14-4-6-16-15(11-14)9-10-23-16/h3-8,11,22H,9-10,12H2,1-2H3,(H,20,21). The maximum absolute atomic E-state index is 12.0. The summed E-state index contributed by atoms with van der Waals surface area (Å²) in [6.07, 6.45) is 4.11. The fourth-order valence-electron chi connectivity index (χ4n) is 2.61. The van der Waals surface area contributed by atoms with Gasteiger partial charge in [0.05, 0.1) is 13.2 Å². The number of nitrogens with one attached hydrogen (secondary N) is 1. The van der Waals surface area contributed by atoms with Crippen LogP contribution in [0.2, 0.25) is 0 Å². The van der Waals surface area contributed by atoms with E-state index in [-0.39, 0.29) is 12.5 Å². The average Bonchev–Trinajstić information content (AvgIpc) is 3.19. The lowest BCUT2D eigenvalue weighted by Gasteiger charge is -2.20. The number of rotatable bonds is 5. The largest absolute Gasteiger partial charge is 0.493 e. The second kappa shape index (κ2) is 6.53. The third-order valence-corrected chi connectivity index (χ3v) is 4.02. The van der Waals surface area contributed by atoms with Crippen molar-refractivity contribution in [3.63, 3.8) is 0 Å². The monoisotopic (exact) mass is 327 g/mol. The first-order valence-electron chi connectivity index (χ1n) is 7.95. The van der Waals surface area contributed by atoms with E-state index in [1.54, 1.807) is 25.1 Å². The number of amides is 1. The number of hydrogen-bond acceptors (Lipinski definition) is 4. The summed E-state index contributed by atoms with van der Waals surface area (Å²) in [5.74, 6) is 1.80. The number of hydrogen-bond donors (Lipinski definition) is 2. The number of carbonyl (C=O) groups excluding carboxylic acids is 1. The van der Waals surface area contributed by atoms with Gasteiger partial charge in [0.2, 0.25) is 5.91 Å². The van der Waals surface area contributed by atoms with Crippen molar-refractivity contribution in [1.29, 1.82) is 0 Å². The molecule has 0 bridgehead atoms. The maximum atomic E-state index is 12.0. The molecule has 0 radical (unpaired) electrons. The smallest absolute Gasteiger partial charge is 0.244 e. The normalized spacial score (nSPS) is 15.8. The van der Waals surface area contributed by atoms with Gasteiger partial charge in [-0.1, -0.05) is 6.07 Å². The molecule has 2 aromatic rings. The molecule has 1 aliphatic heterocycles. The van der Waals surface area contributed by atoms with E-state index < -0.39 is 5.60 Å². The van der Waals surface area contributed by atoms with E-state index >= 15 is 0 Å². The lowest BCUT2D eigenvalue weighted by molar-refractivity contribution is -0.117. The summed E-state index contributed by atoms with van der Waals surface area (Å²) in [5, 5.41) is 13.1. The van der Waals surface area contributed by atoms with Gasteiger partial charge in [-0.05, 0) is 55.3 Å². The Kier molecular flexibility index (Phi) is 4.44. The summed E-state index contributed by atoms with van der Waals surface area (Å²) in [4.78, 5) is 12.0. The van der Waals surface area contributed by atoms with E-state index in [9.17, 15) is 9.90 Å². The van der Waals surface area contributed by atoms with E-state index in [2.05, 4.69) is 5.32 Å². The van der Waals surface area contributed by atoms with Crippen molar-refractivity contribution >= 4 is 12.0 Å². The molecule has 2 N–H and O–H groups in total. The number of aryl methyl sites for hydroxylation is 1. The molecule has 2 heterocycles. The number of ether oxygens (including phenoxy) is 1. The molecule has 126 valence electrons. The van der Waals surface area contributed by atoms with Crippen molar-refractivity contribution in [1.82, 2.24) is 5.32 Å². The lowest BCUT2D eigenvalue weighted by atomic mass is 10.0. The summed E-state index contributed by atoms with van der Waals surface area (Å²) < 4.78 is 10.9. The van der Waals surface area contributed by atoms with Gasteiger partial charge in [-0.3, -0.25) is 4.79 Å². The Labute approximate surface area is 140 Å². The van der Waals surface area contributed by atoms with E-state index in [0.29, 0.717) is 12.4 Å². The van der Waals surface area contributed by atoms with Gasteiger partial charge in [-0.25, -0.2) is 0 Å². The fraction of sp³-hybridized carbons (Fsp3) is 0.316. The van der Waals surface area contributed by atoms with Crippen LogP contribution in [0.5, 0.6) is 5.75 Å². The summed E-state index contributed by atoms with van der Waals surface area (Å²) in [6.45, 7) is 4.20. The maximum Gasteiger partial charge on any atom is 0.244 e. The van der Waals surface area contributed by atoms with Gasteiger partial charge in [0.15, 0.2) is 0 Å². The first kappa shape index (κ1) is 16.3. The molecule has 5 heteroatoms. The van der Waals surface area contributed by atoms with E-state index in [1.165, 1.54) is 6.08 Å². The van der Waals surface area contributed by atoms with Crippen molar-refractivity contribution in [2.75, 3.05) is 13.2 Å². The van der Waals surface area contributed by atoms with Crippen LogP contribution in [-0.4, -0.2) is 24.2 Å². The molecule has 3 rings (SSSR count). The second-order valence-electron chi connectivity index (χ2n) is 6.20. The molecule has 1 unspecified atom stereocenters. The minimum Gasteiger partial charge on any atom is -0.493 e. The zero-order valence-electron chi connectivity index (χ0n) is 13.8. The Hall–Kier alpha value is -2.53. The zero-order chi connectivity index (χ0) is 17.2. The highest BCUT2D eigenvalue weighted by Crippen LogP contribution is 2.26. The molecule has 1 aliphatic rings. The number of carbonyl (C=O) groups is 1. The number of furan rings is 1. The topological polar surface area (TPSA) is 71.7 Å². The van der Waals surface area contributed by atoms with Crippen LogP contribution >= 0.6 is 0 Å². The Morgan fingerprint density at radius 2 is 2.21 bits per heavy atom. The van der Waals surface area contributed by atoms with Crippen LogP contribution in [0.15, 0.2) is 40.8 Å². The van der Waals surface area contributed by atoms with Gasteiger partial charge in [0.25, 0.3) is 0 Å². The SMILES string of the molecule is Cc1ccc(C(C)(O)CNC(=O)C=Cc2ccc3c(c2)CCO3)o1. The molecule has 1 atom stereocenters. The van der Waals surface area contributed by atoms with Gasteiger partial charge < -0.3 is 19.6 Å². The number of aliphatic hydroxyl groups is 1. The summed E-state index contributed by atoms with van der Waals surface area (Å²) in [7, 11) is 0. The first-order valence-corrected chi connectivity index (χ1v) is 7.95. The molecule has 0 saturated heterocycles. The molecular weight excluding hydrogens is 306 g/mol. The van der Waals surface area contributed by atoms with Crippen LogP contribution < -0.4 is 10.1 Å². The molecule has 0 fully saturated rings. The van der Waals surface area contributed by atoms with E-state index in [0.717, 1.165) is 29.1 Å². The highest BCUT2D eigenvalue weighted by atomic mass is 16.5. The van der Waals surface area contributed by atoms with Crippen LogP contribution in [0, 0.1) is 6.92 Å². The van der Waals surface area contributed by atoms with E-state index in [4.69, 9.17) is 9.15 Å². The molecule has 0 spiro atoms. The predicted octanol–water partition coefficient (Wildman–Crippen LogP) is 2.56. The minimum absolute atomic E-state index is 0.0706. The van der Waals surface area contributed by atoms with E-state index in [1.807, 2.05) is 25.1 Å². The van der Waals surface area contributed by atoms with Crippen LogP contribution in [0.25, 0.3) is 6.08 Å². The minimum atomic E-state index is -1.25. The van der Waals surface area contributed by atoms with Crippen LogP contribution in [-0.2, 0) is 16.8 Å². The van der Waals surface area contributed by atoms with Gasteiger partial charge >= 0.3 is 0 Å². The second-order valence-corrected chi connectivity index (χ2v) is 6.20.